The zero-order valence-electron chi connectivity index (χ0n) is 17.1. The van der Waals surface area contributed by atoms with Crippen LogP contribution in [0.5, 0.6) is 11.5 Å². The molecule has 1 heterocycles. The molecule has 30 heavy (non-hydrogen) atoms. The van der Waals surface area contributed by atoms with Gasteiger partial charge in [0.2, 0.25) is 13.4 Å². The molecule has 0 spiro atoms. The first-order valence-electron chi connectivity index (χ1n) is 9.55. The summed E-state index contributed by atoms with van der Waals surface area (Å²) in [5.41, 5.74) is 2.29. The number of oxime groups is 1. The largest absolute Gasteiger partial charge is 0.454 e. The molecule has 3 rings (SSSR count). The van der Waals surface area contributed by atoms with Gasteiger partial charge in [0.1, 0.15) is 0 Å². The Morgan fingerprint density at radius 2 is 1.83 bits per heavy atom. The van der Waals surface area contributed by atoms with E-state index in [1.165, 1.54) is 6.92 Å². The van der Waals surface area contributed by atoms with E-state index in [9.17, 15) is 9.59 Å². The summed E-state index contributed by atoms with van der Waals surface area (Å²) >= 11 is 0. The molecular formula is C22H24N2O6. The highest BCUT2D eigenvalue weighted by molar-refractivity contribution is 5.99. The molecule has 0 radical (unpaired) electrons. The number of benzene rings is 2. The Bertz CT molecular complexity index is 928. The van der Waals surface area contributed by atoms with Crippen LogP contribution >= 0.6 is 0 Å². The van der Waals surface area contributed by atoms with Crippen LogP contribution in [0.3, 0.4) is 0 Å². The molecular weight excluding hydrogens is 388 g/mol. The molecule has 8 nitrogen and oxygen atoms in total. The summed E-state index contributed by atoms with van der Waals surface area (Å²) in [6, 6.07) is 14.7. The lowest BCUT2D eigenvalue weighted by Crippen LogP contribution is -2.37. The topological polar surface area (TPSA) is 95.5 Å². The molecule has 0 aromatic heterocycles. The average molecular weight is 412 g/mol. The molecule has 2 aromatic rings. The lowest BCUT2D eigenvalue weighted by Gasteiger charge is -2.18. The molecule has 2 atom stereocenters. The predicted molar refractivity (Wildman–Crippen MR) is 109 cm³/mol. The van der Waals surface area contributed by atoms with Crippen LogP contribution in [-0.2, 0) is 19.2 Å². The van der Waals surface area contributed by atoms with Crippen molar-refractivity contribution >= 4 is 17.6 Å². The van der Waals surface area contributed by atoms with Crippen molar-refractivity contribution in [1.82, 2.24) is 5.32 Å². The van der Waals surface area contributed by atoms with Gasteiger partial charge in [0.25, 0.3) is 5.91 Å². The Balaban J connectivity index is 1.44. The van der Waals surface area contributed by atoms with Gasteiger partial charge < -0.3 is 24.4 Å². The second-order valence-electron chi connectivity index (χ2n) is 6.79. The fraction of sp³-hybridized carbons (Fsp3) is 0.318. The zero-order chi connectivity index (χ0) is 21.5. The molecule has 8 heteroatoms. The number of nitrogens with zero attached hydrogens (tertiary/aromatic N) is 1. The predicted octanol–water partition coefficient (Wildman–Crippen LogP) is 2.97. The Kier molecular flexibility index (Phi) is 6.90. The van der Waals surface area contributed by atoms with Crippen LogP contribution in [0.1, 0.15) is 37.9 Å². The van der Waals surface area contributed by atoms with Crippen molar-refractivity contribution in [3.63, 3.8) is 0 Å². The second kappa shape index (κ2) is 9.78. The summed E-state index contributed by atoms with van der Waals surface area (Å²) < 4.78 is 15.7. The number of carbonyl (C=O) groups is 2. The fourth-order valence-electron chi connectivity index (χ4n) is 2.80. The monoisotopic (exact) mass is 412 g/mol. The van der Waals surface area contributed by atoms with Gasteiger partial charge in [-0.2, -0.15) is 0 Å². The minimum absolute atomic E-state index is 0.188. The molecule has 2 aromatic carbocycles. The molecule has 1 N–H and O–H groups in total. The minimum atomic E-state index is -0.953. The summed E-state index contributed by atoms with van der Waals surface area (Å²) in [5.74, 6) is 0.225. The molecule has 0 saturated heterocycles. The molecule has 158 valence electrons. The number of ether oxygens (including phenoxy) is 3. The van der Waals surface area contributed by atoms with E-state index < -0.39 is 18.7 Å². The lowest BCUT2D eigenvalue weighted by atomic mass is 10.1. The molecule has 1 aliphatic heterocycles. The van der Waals surface area contributed by atoms with Gasteiger partial charge in [-0.05, 0) is 44.5 Å². The van der Waals surface area contributed by atoms with E-state index in [-0.39, 0.29) is 18.7 Å². The van der Waals surface area contributed by atoms with Crippen LogP contribution in [-0.4, -0.2) is 37.1 Å². The zero-order valence-corrected chi connectivity index (χ0v) is 17.1. The van der Waals surface area contributed by atoms with Crippen molar-refractivity contribution in [2.24, 2.45) is 5.16 Å². The number of nitrogens with one attached hydrogen (secondary N) is 1. The van der Waals surface area contributed by atoms with E-state index in [4.69, 9.17) is 19.0 Å². The van der Waals surface area contributed by atoms with E-state index in [0.717, 1.165) is 11.1 Å². The van der Waals surface area contributed by atoms with Gasteiger partial charge in [-0.1, -0.05) is 35.5 Å². The quantitative estimate of drug-likeness (QED) is 0.407. The summed E-state index contributed by atoms with van der Waals surface area (Å²) in [7, 11) is 0. The maximum Gasteiger partial charge on any atom is 0.347 e. The Morgan fingerprint density at radius 1 is 1.10 bits per heavy atom. The minimum Gasteiger partial charge on any atom is -0.454 e. The highest BCUT2D eigenvalue weighted by Gasteiger charge is 2.20. The van der Waals surface area contributed by atoms with Gasteiger partial charge >= 0.3 is 5.97 Å². The van der Waals surface area contributed by atoms with E-state index >= 15 is 0 Å². The van der Waals surface area contributed by atoms with E-state index in [2.05, 4.69) is 10.5 Å². The van der Waals surface area contributed by atoms with Crippen LogP contribution in [0.25, 0.3) is 0 Å². The van der Waals surface area contributed by atoms with Crippen LogP contribution in [0, 0.1) is 0 Å². The SMILES string of the molecule is C/C(=N\OCC(=O)OC(C)C(=O)NC(C)c1ccccc1)c1ccc2c(c1)OCO2. The second-order valence-corrected chi connectivity index (χ2v) is 6.79. The van der Waals surface area contributed by atoms with Crippen LogP contribution < -0.4 is 14.8 Å². The van der Waals surface area contributed by atoms with Crippen molar-refractivity contribution in [2.75, 3.05) is 13.4 Å². The first-order valence-corrected chi connectivity index (χ1v) is 9.55. The third-order valence-electron chi connectivity index (χ3n) is 4.51. The average Bonchev–Trinajstić information content (AvgIpc) is 3.22. The number of fused-ring (bicyclic) bond motifs is 1. The number of amides is 1. The van der Waals surface area contributed by atoms with Gasteiger partial charge in [-0.15, -0.1) is 0 Å². The number of hydrogen-bond acceptors (Lipinski definition) is 7. The smallest absolute Gasteiger partial charge is 0.347 e. The normalized spacial score (nSPS) is 14.6. The van der Waals surface area contributed by atoms with Crippen molar-refractivity contribution < 1.29 is 28.6 Å². The molecule has 1 amide bonds. The summed E-state index contributed by atoms with van der Waals surface area (Å²) in [5, 5.41) is 6.73. The fourth-order valence-corrected chi connectivity index (χ4v) is 2.80. The molecule has 1 aliphatic rings. The Hall–Kier alpha value is -3.55. The van der Waals surface area contributed by atoms with Gasteiger partial charge in [-0.25, -0.2) is 4.79 Å². The summed E-state index contributed by atoms with van der Waals surface area (Å²) in [6.07, 6.45) is -0.953. The van der Waals surface area contributed by atoms with Gasteiger partial charge in [-0.3, -0.25) is 4.79 Å². The van der Waals surface area contributed by atoms with E-state index in [1.54, 1.807) is 19.1 Å². The highest BCUT2D eigenvalue weighted by atomic mass is 16.7. The van der Waals surface area contributed by atoms with Gasteiger partial charge in [0.05, 0.1) is 11.8 Å². The lowest BCUT2D eigenvalue weighted by molar-refractivity contribution is -0.159. The Labute approximate surface area is 174 Å². The number of rotatable bonds is 8. The van der Waals surface area contributed by atoms with Gasteiger partial charge in [0.15, 0.2) is 17.6 Å². The maximum atomic E-state index is 12.2. The number of esters is 1. The molecule has 0 bridgehead atoms. The summed E-state index contributed by atoms with van der Waals surface area (Å²) in [4.78, 5) is 29.3. The summed E-state index contributed by atoms with van der Waals surface area (Å²) in [6.45, 7) is 4.88. The van der Waals surface area contributed by atoms with Crippen LogP contribution in [0.2, 0.25) is 0 Å². The molecule has 0 fully saturated rings. The van der Waals surface area contributed by atoms with Crippen LogP contribution in [0.4, 0.5) is 0 Å². The Morgan fingerprint density at radius 3 is 2.60 bits per heavy atom. The molecule has 0 aliphatic carbocycles. The first-order chi connectivity index (χ1) is 14.4. The van der Waals surface area contributed by atoms with Crippen molar-refractivity contribution in [2.45, 2.75) is 32.9 Å². The van der Waals surface area contributed by atoms with Gasteiger partial charge in [0, 0.05) is 5.56 Å². The molecule has 0 saturated carbocycles. The van der Waals surface area contributed by atoms with Crippen molar-refractivity contribution in [3.05, 3.63) is 59.7 Å². The number of carbonyl (C=O) groups excluding carboxylic acids is 2. The first kappa shape index (κ1) is 21.2. The van der Waals surface area contributed by atoms with Crippen molar-refractivity contribution in [1.29, 1.82) is 0 Å². The number of hydrogen-bond donors (Lipinski definition) is 1. The van der Waals surface area contributed by atoms with E-state index in [1.807, 2.05) is 43.3 Å². The maximum absolute atomic E-state index is 12.2. The third kappa shape index (κ3) is 5.50. The standard InChI is InChI=1S/C22H24N2O6/c1-14(17-7-5-4-6-8-17)23-22(26)16(3)30-21(25)12-29-24-15(2)18-9-10-19-20(11-18)28-13-27-19/h4-11,14,16H,12-13H2,1-3H3,(H,23,26)/b24-15+. The third-order valence-corrected chi connectivity index (χ3v) is 4.51. The van der Waals surface area contributed by atoms with Crippen molar-refractivity contribution in [3.8, 4) is 11.5 Å². The highest BCUT2D eigenvalue weighted by Crippen LogP contribution is 2.32. The molecule has 2 unspecified atom stereocenters. The van der Waals surface area contributed by atoms with Crippen LogP contribution in [0.15, 0.2) is 53.7 Å². The van der Waals surface area contributed by atoms with E-state index in [0.29, 0.717) is 17.2 Å².